The normalized spacial score (nSPS) is 17.3. The summed E-state index contributed by atoms with van der Waals surface area (Å²) in [6.45, 7) is 4.15. The van der Waals surface area contributed by atoms with Crippen LogP contribution in [-0.4, -0.2) is 67.3 Å². The Kier molecular flexibility index (Phi) is 7.21. The summed E-state index contributed by atoms with van der Waals surface area (Å²) in [5.41, 5.74) is 1.72. The Labute approximate surface area is 209 Å². The first-order chi connectivity index (χ1) is 17.3. The van der Waals surface area contributed by atoms with Gasteiger partial charge in [0.15, 0.2) is 11.5 Å². The number of aromatic amines is 1. The molecule has 3 aromatic rings. The van der Waals surface area contributed by atoms with Crippen LogP contribution in [-0.2, 0) is 14.3 Å². The molecular formula is C27H30N2O7. The summed E-state index contributed by atoms with van der Waals surface area (Å²) in [5, 5.41) is 12.2. The number of amides is 1. The van der Waals surface area contributed by atoms with Gasteiger partial charge in [0.1, 0.15) is 5.76 Å². The zero-order valence-electron chi connectivity index (χ0n) is 21.0. The number of H-pyrrole nitrogens is 1. The predicted octanol–water partition coefficient (Wildman–Crippen LogP) is 4.04. The number of benzene rings is 2. The van der Waals surface area contributed by atoms with Crippen LogP contribution in [0.2, 0.25) is 0 Å². The van der Waals surface area contributed by atoms with Gasteiger partial charge in [0.2, 0.25) is 5.75 Å². The molecule has 1 fully saturated rings. The van der Waals surface area contributed by atoms with Crippen LogP contribution in [0.15, 0.2) is 48.2 Å². The molecular weight excluding hydrogens is 464 g/mol. The van der Waals surface area contributed by atoms with Gasteiger partial charge in [-0.3, -0.25) is 9.59 Å². The summed E-state index contributed by atoms with van der Waals surface area (Å²) in [5.74, 6) is -0.660. The molecule has 1 atom stereocenters. The first-order valence-electron chi connectivity index (χ1n) is 11.6. The average Bonchev–Trinajstić information content (AvgIpc) is 3.42. The molecule has 9 nitrogen and oxygen atoms in total. The van der Waals surface area contributed by atoms with Crippen molar-refractivity contribution in [2.75, 3.05) is 34.5 Å². The van der Waals surface area contributed by atoms with Crippen molar-refractivity contribution in [1.29, 1.82) is 0 Å². The number of rotatable bonds is 9. The van der Waals surface area contributed by atoms with Crippen LogP contribution >= 0.6 is 0 Å². The quantitative estimate of drug-likeness (QED) is 0.262. The monoisotopic (exact) mass is 494 g/mol. The highest BCUT2D eigenvalue weighted by Crippen LogP contribution is 2.46. The van der Waals surface area contributed by atoms with E-state index in [0.29, 0.717) is 28.4 Å². The third-order valence-electron chi connectivity index (χ3n) is 6.17. The Morgan fingerprint density at radius 1 is 1.06 bits per heavy atom. The molecule has 1 unspecified atom stereocenters. The number of carbonyl (C=O) groups excluding carboxylic acids is 2. The number of ether oxygens (including phenoxy) is 4. The fourth-order valence-electron chi connectivity index (χ4n) is 4.52. The lowest BCUT2D eigenvalue weighted by molar-refractivity contribution is -0.140. The molecule has 9 heteroatoms. The van der Waals surface area contributed by atoms with Crippen molar-refractivity contribution in [2.24, 2.45) is 0 Å². The third-order valence-corrected chi connectivity index (χ3v) is 6.17. The molecule has 2 aromatic carbocycles. The first kappa shape index (κ1) is 25.1. The lowest BCUT2D eigenvalue weighted by Crippen LogP contribution is -2.33. The fourth-order valence-corrected chi connectivity index (χ4v) is 4.52. The number of aromatic nitrogens is 1. The van der Waals surface area contributed by atoms with Crippen LogP contribution in [0.3, 0.4) is 0 Å². The molecule has 190 valence electrons. The van der Waals surface area contributed by atoms with Gasteiger partial charge in [0.25, 0.3) is 11.7 Å². The maximum Gasteiger partial charge on any atom is 0.295 e. The SMILES string of the molecule is COc1cc(C2/C(=C(/O)c3c[nH]c4ccccc34)C(=O)C(=O)N2CCOC(C)C)cc(OC)c1OC. The highest BCUT2D eigenvalue weighted by molar-refractivity contribution is 6.46. The number of nitrogens with one attached hydrogen (secondary N) is 1. The third kappa shape index (κ3) is 4.37. The van der Waals surface area contributed by atoms with Crippen LogP contribution in [0, 0.1) is 0 Å². The minimum atomic E-state index is -0.900. The molecule has 2 heterocycles. The van der Waals surface area contributed by atoms with Crippen molar-refractivity contribution < 1.29 is 33.6 Å². The summed E-state index contributed by atoms with van der Waals surface area (Å²) >= 11 is 0. The zero-order chi connectivity index (χ0) is 26.0. The Bertz CT molecular complexity index is 1300. The van der Waals surface area contributed by atoms with Gasteiger partial charge < -0.3 is 33.9 Å². The number of aliphatic hydroxyl groups is 1. The molecule has 36 heavy (non-hydrogen) atoms. The van der Waals surface area contributed by atoms with Gasteiger partial charge in [-0.1, -0.05) is 18.2 Å². The van der Waals surface area contributed by atoms with Crippen LogP contribution in [0.25, 0.3) is 16.7 Å². The van der Waals surface area contributed by atoms with Crippen LogP contribution in [0.4, 0.5) is 0 Å². The van der Waals surface area contributed by atoms with E-state index >= 15 is 0 Å². The minimum Gasteiger partial charge on any atom is -0.507 e. The van der Waals surface area contributed by atoms with Gasteiger partial charge in [-0.15, -0.1) is 0 Å². The van der Waals surface area contributed by atoms with E-state index in [2.05, 4.69) is 4.98 Å². The van der Waals surface area contributed by atoms with E-state index in [9.17, 15) is 14.7 Å². The molecule has 0 aliphatic carbocycles. The molecule has 0 bridgehead atoms. The molecule has 1 aromatic heterocycles. The van der Waals surface area contributed by atoms with Gasteiger partial charge in [-0.05, 0) is 37.6 Å². The van der Waals surface area contributed by atoms with Crippen molar-refractivity contribution >= 4 is 28.4 Å². The number of nitrogens with zero attached hydrogens (tertiary/aromatic N) is 1. The number of hydrogen-bond acceptors (Lipinski definition) is 7. The van der Waals surface area contributed by atoms with E-state index < -0.39 is 17.7 Å². The van der Waals surface area contributed by atoms with Crippen LogP contribution in [0.5, 0.6) is 17.2 Å². The van der Waals surface area contributed by atoms with Crippen molar-refractivity contribution in [2.45, 2.75) is 26.0 Å². The molecule has 2 N–H and O–H groups in total. The van der Waals surface area contributed by atoms with Gasteiger partial charge in [0.05, 0.1) is 45.7 Å². The Morgan fingerprint density at radius 3 is 2.33 bits per heavy atom. The van der Waals surface area contributed by atoms with Crippen molar-refractivity contribution in [3.8, 4) is 17.2 Å². The van der Waals surface area contributed by atoms with Crippen molar-refractivity contribution in [3.63, 3.8) is 0 Å². The molecule has 1 saturated heterocycles. The van der Waals surface area contributed by atoms with Crippen LogP contribution in [0.1, 0.15) is 31.0 Å². The number of methoxy groups -OCH3 is 3. The molecule has 0 radical (unpaired) electrons. The molecule has 1 aliphatic rings. The maximum atomic E-state index is 13.4. The van der Waals surface area contributed by atoms with E-state index in [4.69, 9.17) is 18.9 Å². The average molecular weight is 495 g/mol. The molecule has 4 rings (SSSR count). The number of fused-ring (bicyclic) bond motifs is 1. The van der Waals surface area contributed by atoms with Crippen LogP contribution < -0.4 is 14.2 Å². The summed E-state index contributed by atoms with van der Waals surface area (Å²) in [4.78, 5) is 31.1. The van der Waals surface area contributed by atoms with E-state index in [1.54, 1.807) is 18.3 Å². The summed E-state index contributed by atoms with van der Waals surface area (Å²) in [6, 6.07) is 9.86. The molecule has 0 saturated carbocycles. The number of Topliss-reactive ketones (excluding diaryl/α,β-unsaturated/α-hetero) is 1. The van der Waals surface area contributed by atoms with E-state index in [0.717, 1.165) is 10.9 Å². The molecule has 0 spiro atoms. The highest BCUT2D eigenvalue weighted by atomic mass is 16.5. The summed E-state index contributed by atoms with van der Waals surface area (Å²) in [6.07, 6.45) is 1.58. The topological polar surface area (TPSA) is 110 Å². The van der Waals surface area contributed by atoms with Gasteiger partial charge in [-0.2, -0.15) is 0 Å². The van der Waals surface area contributed by atoms with E-state index in [-0.39, 0.29) is 30.6 Å². The van der Waals surface area contributed by atoms with Gasteiger partial charge in [0, 0.05) is 29.2 Å². The maximum absolute atomic E-state index is 13.4. The second-order valence-electron chi connectivity index (χ2n) is 8.62. The zero-order valence-corrected chi connectivity index (χ0v) is 21.0. The fraction of sp³-hybridized carbons (Fsp3) is 0.333. The number of carbonyl (C=O) groups is 2. The predicted molar refractivity (Wildman–Crippen MR) is 134 cm³/mol. The second kappa shape index (κ2) is 10.3. The number of ketones is 1. The Morgan fingerprint density at radius 2 is 1.72 bits per heavy atom. The smallest absolute Gasteiger partial charge is 0.295 e. The number of hydrogen-bond donors (Lipinski definition) is 2. The number of likely N-dealkylation sites (tertiary alicyclic amines) is 1. The van der Waals surface area contributed by atoms with E-state index in [1.165, 1.54) is 26.2 Å². The Balaban J connectivity index is 1.92. The largest absolute Gasteiger partial charge is 0.507 e. The van der Waals surface area contributed by atoms with Crippen molar-refractivity contribution in [1.82, 2.24) is 9.88 Å². The highest BCUT2D eigenvalue weighted by Gasteiger charge is 2.46. The first-order valence-corrected chi connectivity index (χ1v) is 11.6. The standard InChI is InChI=1S/C27H30N2O7/c1-15(2)36-11-10-29-23(16-12-20(33-3)26(35-5)21(13-16)34-4)22(25(31)27(29)32)24(30)18-14-28-19-9-7-6-8-17(18)19/h6-9,12-15,23,28,30H,10-11H2,1-5H3/b24-22-. The number of aliphatic hydroxyl groups excluding tert-OH is 1. The summed E-state index contributed by atoms with van der Waals surface area (Å²) < 4.78 is 22.1. The van der Waals surface area contributed by atoms with E-state index in [1.807, 2.05) is 38.1 Å². The minimum absolute atomic E-state index is 0.0245. The molecule has 1 aliphatic heterocycles. The van der Waals surface area contributed by atoms with Gasteiger partial charge in [-0.25, -0.2) is 0 Å². The number of para-hydroxylation sites is 1. The lowest BCUT2D eigenvalue weighted by Gasteiger charge is -2.26. The lowest BCUT2D eigenvalue weighted by atomic mass is 9.94. The molecule has 1 amide bonds. The summed E-state index contributed by atoms with van der Waals surface area (Å²) in [7, 11) is 4.47. The second-order valence-corrected chi connectivity index (χ2v) is 8.62. The Hall–Kier alpha value is -3.98. The van der Waals surface area contributed by atoms with Crippen molar-refractivity contribution in [3.05, 3.63) is 59.3 Å². The van der Waals surface area contributed by atoms with Gasteiger partial charge >= 0.3 is 0 Å².